The van der Waals surface area contributed by atoms with Crippen molar-refractivity contribution in [3.8, 4) is 0 Å². The van der Waals surface area contributed by atoms with E-state index in [2.05, 4.69) is 29.5 Å². The van der Waals surface area contributed by atoms with Crippen LogP contribution in [0, 0.1) is 17.8 Å². The summed E-state index contributed by atoms with van der Waals surface area (Å²) in [6.07, 6.45) is 7.22. The molecule has 2 aliphatic rings. The normalized spacial score (nSPS) is 28.4. The molecule has 0 spiro atoms. The van der Waals surface area contributed by atoms with Crippen molar-refractivity contribution in [2.24, 2.45) is 22.7 Å². The molecular formula is C16H32IN3O. The van der Waals surface area contributed by atoms with Crippen LogP contribution >= 0.6 is 24.0 Å². The molecule has 0 aromatic heterocycles. The van der Waals surface area contributed by atoms with Gasteiger partial charge in [0.25, 0.3) is 0 Å². The Labute approximate surface area is 146 Å². The molecule has 0 radical (unpaired) electrons. The molecule has 5 heteroatoms. The van der Waals surface area contributed by atoms with Crippen LogP contribution in [0.15, 0.2) is 4.99 Å². The summed E-state index contributed by atoms with van der Waals surface area (Å²) in [7, 11) is 3.57. The summed E-state index contributed by atoms with van der Waals surface area (Å²) in [6, 6.07) is 0. The zero-order valence-electron chi connectivity index (χ0n) is 13.9. The van der Waals surface area contributed by atoms with Crippen LogP contribution in [-0.2, 0) is 4.74 Å². The van der Waals surface area contributed by atoms with E-state index in [0.717, 1.165) is 36.8 Å². The minimum Gasteiger partial charge on any atom is -0.377 e. The topological polar surface area (TPSA) is 45.7 Å². The maximum absolute atomic E-state index is 5.41. The summed E-state index contributed by atoms with van der Waals surface area (Å²) < 4.78 is 5.41. The Balaban J connectivity index is 0.00000220. The van der Waals surface area contributed by atoms with E-state index in [1.807, 2.05) is 7.05 Å². The van der Waals surface area contributed by atoms with Gasteiger partial charge in [0, 0.05) is 27.2 Å². The second kappa shape index (κ2) is 8.56. The molecule has 2 bridgehead atoms. The molecule has 124 valence electrons. The molecule has 0 aromatic rings. The first-order valence-corrected chi connectivity index (χ1v) is 8.03. The maximum atomic E-state index is 5.41. The Morgan fingerprint density at radius 2 is 2.00 bits per heavy atom. The number of nitrogens with zero attached hydrogens (tertiary/aromatic N) is 1. The highest BCUT2D eigenvalue weighted by molar-refractivity contribution is 14.0. The van der Waals surface area contributed by atoms with Crippen LogP contribution in [0.3, 0.4) is 0 Å². The van der Waals surface area contributed by atoms with Crippen LogP contribution in [0.4, 0.5) is 0 Å². The van der Waals surface area contributed by atoms with Gasteiger partial charge in [-0.3, -0.25) is 4.99 Å². The van der Waals surface area contributed by atoms with E-state index in [1.165, 1.54) is 32.1 Å². The van der Waals surface area contributed by atoms with Gasteiger partial charge in [-0.15, -0.1) is 24.0 Å². The first-order chi connectivity index (χ1) is 9.54. The number of fused-ring (bicyclic) bond motifs is 2. The van der Waals surface area contributed by atoms with Gasteiger partial charge in [-0.2, -0.15) is 0 Å². The third-order valence-electron chi connectivity index (χ3n) is 5.15. The predicted molar refractivity (Wildman–Crippen MR) is 99.4 cm³/mol. The van der Waals surface area contributed by atoms with Gasteiger partial charge in [-0.1, -0.05) is 6.42 Å². The lowest BCUT2D eigenvalue weighted by Crippen LogP contribution is -2.45. The van der Waals surface area contributed by atoms with E-state index >= 15 is 0 Å². The Kier molecular flexibility index (Phi) is 7.74. The number of methoxy groups -OCH3 is 1. The zero-order valence-corrected chi connectivity index (χ0v) is 16.3. The molecule has 0 saturated heterocycles. The molecule has 3 atom stereocenters. The maximum Gasteiger partial charge on any atom is 0.191 e. The molecule has 21 heavy (non-hydrogen) atoms. The summed E-state index contributed by atoms with van der Waals surface area (Å²) >= 11 is 0. The minimum atomic E-state index is -0.164. The average molecular weight is 409 g/mol. The number of rotatable bonds is 6. The molecule has 0 aliphatic heterocycles. The highest BCUT2D eigenvalue weighted by Crippen LogP contribution is 2.49. The van der Waals surface area contributed by atoms with Gasteiger partial charge in [0.1, 0.15) is 0 Å². The molecule has 2 saturated carbocycles. The third-order valence-corrected chi connectivity index (χ3v) is 5.15. The lowest BCUT2D eigenvalue weighted by atomic mass is 9.86. The Bertz CT molecular complexity index is 346. The second-order valence-electron chi connectivity index (χ2n) is 7.04. The Morgan fingerprint density at radius 1 is 1.24 bits per heavy atom. The van der Waals surface area contributed by atoms with Gasteiger partial charge in [0.15, 0.2) is 5.96 Å². The first kappa shape index (κ1) is 19.0. The van der Waals surface area contributed by atoms with Crippen LogP contribution in [0.5, 0.6) is 0 Å². The highest BCUT2D eigenvalue weighted by Gasteiger charge is 2.38. The summed E-state index contributed by atoms with van der Waals surface area (Å²) in [6.45, 7) is 5.93. The van der Waals surface area contributed by atoms with Crippen LogP contribution < -0.4 is 10.6 Å². The molecule has 0 amide bonds. The van der Waals surface area contributed by atoms with Crippen molar-refractivity contribution in [2.75, 3.05) is 27.2 Å². The van der Waals surface area contributed by atoms with Crippen molar-refractivity contribution in [2.45, 2.75) is 51.6 Å². The smallest absolute Gasteiger partial charge is 0.191 e. The molecule has 3 unspecified atom stereocenters. The van der Waals surface area contributed by atoms with Crippen LogP contribution in [0.25, 0.3) is 0 Å². The third kappa shape index (κ3) is 5.58. The SMILES string of the molecule is CN=C(NCCC1CC2CCC1C2)NCC(C)(C)OC.I. The first-order valence-electron chi connectivity index (χ1n) is 8.03. The molecule has 4 nitrogen and oxygen atoms in total. The standard InChI is InChI=1S/C16H31N3O.HI/c1-16(2,20-4)11-19-15(17-3)18-8-7-14-10-12-5-6-13(14)9-12;/h12-14H,5-11H2,1-4H3,(H2,17,18,19);1H. The molecule has 0 aromatic carbocycles. The minimum absolute atomic E-state index is 0. The van der Waals surface area contributed by atoms with Crippen molar-refractivity contribution in [3.05, 3.63) is 0 Å². The molecule has 2 rings (SSSR count). The fourth-order valence-corrected chi connectivity index (χ4v) is 3.70. The number of hydrogen-bond acceptors (Lipinski definition) is 2. The van der Waals surface area contributed by atoms with Crippen molar-refractivity contribution >= 4 is 29.9 Å². The number of ether oxygens (including phenoxy) is 1. The fourth-order valence-electron chi connectivity index (χ4n) is 3.70. The van der Waals surface area contributed by atoms with Gasteiger partial charge in [-0.05, 0) is 57.3 Å². The Hall–Kier alpha value is -0.0400. The van der Waals surface area contributed by atoms with Gasteiger partial charge in [0.05, 0.1) is 5.60 Å². The second-order valence-corrected chi connectivity index (χ2v) is 7.04. The van der Waals surface area contributed by atoms with Crippen LogP contribution in [-0.4, -0.2) is 38.8 Å². The molecular weight excluding hydrogens is 377 g/mol. The van der Waals surface area contributed by atoms with Gasteiger partial charge >= 0.3 is 0 Å². The van der Waals surface area contributed by atoms with Crippen molar-refractivity contribution < 1.29 is 4.74 Å². The number of hydrogen-bond donors (Lipinski definition) is 2. The van der Waals surface area contributed by atoms with Crippen molar-refractivity contribution in [1.82, 2.24) is 10.6 Å². The highest BCUT2D eigenvalue weighted by atomic mass is 127. The largest absolute Gasteiger partial charge is 0.377 e. The van der Waals surface area contributed by atoms with E-state index in [-0.39, 0.29) is 29.6 Å². The van der Waals surface area contributed by atoms with E-state index in [0.29, 0.717) is 0 Å². The van der Waals surface area contributed by atoms with Crippen LogP contribution in [0.1, 0.15) is 46.0 Å². The van der Waals surface area contributed by atoms with Crippen molar-refractivity contribution in [1.29, 1.82) is 0 Å². The van der Waals surface area contributed by atoms with E-state index in [4.69, 9.17) is 4.74 Å². The van der Waals surface area contributed by atoms with Gasteiger partial charge < -0.3 is 15.4 Å². The Morgan fingerprint density at radius 3 is 2.52 bits per heavy atom. The summed E-state index contributed by atoms with van der Waals surface area (Å²) in [4.78, 5) is 4.28. The van der Waals surface area contributed by atoms with E-state index in [9.17, 15) is 0 Å². The summed E-state index contributed by atoms with van der Waals surface area (Å²) in [5.74, 6) is 3.90. The molecule has 2 N–H and O–H groups in total. The van der Waals surface area contributed by atoms with Crippen LogP contribution in [0.2, 0.25) is 0 Å². The van der Waals surface area contributed by atoms with E-state index < -0.39 is 0 Å². The van der Waals surface area contributed by atoms with Gasteiger partial charge in [0.2, 0.25) is 0 Å². The lowest BCUT2D eigenvalue weighted by molar-refractivity contribution is 0.0268. The zero-order chi connectivity index (χ0) is 14.6. The number of halogens is 1. The lowest BCUT2D eigenvalue weighted by Gasteiger charge is -2.25. The average Bonchev–Trinajstić information content (AvgIpc) is 3.05. The predicted octanol–water partition coefficient (Wildman–Crippen LogP) is 3.02. The molecule has 2 aliphatic carbocycles. The number of guanidine groups is 1. The molecule has 0 heterocycles. The summed E-state index contributed by atoms with van der Waals surface area (Å²) in [5, 5.41) is 6.77. The summed E-state index contributed by atoms with van der Waals surface area (Å²) in [5.41, 5.74) is -0.164. The molecule has 2 fully saturated rings. The quantitative estimate of drug-likeness (QED) is 0.403. The van der Waals surface area contributed by atoms with E-state index in [1.54, 1.807) is 7.11 Å². The monoisotopic (exact) mass is 409 g/mol. The number of aliphatic imine (C=N–C) groups is 1. The number of nitrogens with one attached hydrogen (secondary N) is 2. The fraction of sp³-hybridized carbons (Fsp3) is 0.938. The van der Waals surface area contributed by atoms with Gasteiger partial charge in [-0.25, -0.2) is 0 Å². The van der Waals surface area contributed by atoms with Crippen molar-refractivity contribution in [3.63, 3.8) is 0 Å².